The Morgan fingerprint density at radius 1 is 1.42 bits per heavy atom. The maximum absolute atomic E-state index is 12.1. The molecule has 1 aromatic rings. The van der Waals surface area contributed by atoms with E-state index < -0.39 is 0 Å². The molecule has 19 heavy (non-hydrogen) atoms. The molecular weight excluding hydrogens is 264 g/mol. The van der Waals surface area contributed by atoms with Crippen molar-refractivity contribution in [1.82, 2.24) is 9.47 Å². The van der Waals surface area contributed by atoms with E-state index in [1.807, 2.05) is 29.9 Å². The first-order valence-corrected chi connectivity index (χ1v) is 6.81. The third-order valence-corrected chi connectivity index (χ3v) is 3.77. The molecule has 2 heterocycles. The van der Waals surface area contributed by atoms with Crippen LogP contribution < -0.4 is 0 Å². The molecule has 2 rings (SSSR count). The standard InChI is InChI=1S/C13H16N2O3S/c1-14-6-3-5-10(14)9-11-12(16)15(13(17)19-11)7-4-8-18-2/h3,5-6,9H,4,7-8H2,1-2H3/b11-9+. The summed E-state index contributed by atoms with van der Waals surface area (Å²) in [5, 5.41) is -0.207. The van der Waals surface area contributed by atoms with Gasteiger partial charge in [0.15, 0.2) is 0 Å². The third-order valence-electron chi connectivity index (χ3n) is 2.87. The number of carbonyl (C=O) groups is 2. The van der Waals surface area contributed by atoms with Crippen LogP contribution in [-0.4, -0.2) is 40.9 Å². The van der Waals surface area contributed by atoms with E-state index in [0.717, 1.165) is 17.5 Å². The average Bonchev–Trinajstić information content (AvgIpc) is 2.89. The lowest BCUT2D eigenvalue weighted by molar-refractivity contribution is -0.122. The van der Waals surface area contributed by atoms with Crippen molar-refractivity contribution in [2.45, 2.75) is 6.42 Å². The summed E-state index contributed by atoms with van der Waals surface area (Å²) in [5.41, 5.74) is 0.905. The van der Waals surface area contributed by atoms with Crippen molar-refractivity contribution in [3.05, 3.63) is 28.9 Å². The second kappa shape index (κ2) is 6.08. The molecule has 6 heteroatoms. The molecule has 1 fully saturated rings. The molecule has 1 aliphatic heterocycles. The number of aryl methyl sites for hydroxylation is 1. The van der Waals surface area contributed by atoms with Crippen molar-refractivity contribution < 1.29 is 14.3 Å². The molecule has 1 saturated heterocycles. The van der Waals surface area contributed by atoms with Gasteiger partial charge in [0.1, 0.15) is 0 Å². The molecule has 0 spiro atoms. The smallest absolute Gasteiger partial charge is 0.293 e. The van der Waals surface area contributed by atoms with Gasteiger partial charge in [-0.1, -0.05) is 0 Å². The maximum Gasteiger partial charge on any atom is 0.293 e. The lowest BCUT2D eigenvalue weighted by Crippen LogP contribution is -2.29. The summed E-state index contributed by atoms with van der Waals surface area (Å²) in [6.07, 6.45) is 4.31. The minimum absolute atomic E-state index is 0.207. The van der Waals surface area contributed by atoms with Crippen LogP contribution >= 0.6 is 11.8 Å². The predicted octanol–water partition coefficient (Wildman–Crippen LogP) is 2.10. The monoisotopic (exact) mass is 280 g/mol. The number of hydrogen-bond donors (Lipinski definition) is 0. The molecule has 2 amide bonds. The van der Waals surface area contributed by atoms with Crippen LogP contribution in [0.1, 0.15) is 12.1 Å². The molecule has 1 aromatic heterocycles. The van der Waals surface area contributed by atoms with Gasteiger partial charge < -0.3 is 9.30 Å². The lowest BCUT2D eigenvalue weighted by Gasteiger charge is -2.11. The van der Waals surface area contributed by atoms with Crippen LogP contribution in [-0.2, 0) is 16.6 Å². The Morgan fingerprint density at radius 2 is 2.21 bits per heavy atom. The van der Waals surface area contributed by atoms with Crippen molar-refractivity contribution in [2.75, 3.05) is 20.3 Å². The van der Waals surface area contributed by atoms with Crippen molar-refractivity contribution in [3.8, 4) is 0 Å². The third kappa shape index (κ3) is 3.08. The quantitative estimate of drug-likeness (QED) is 0.612. The zero-order valence-corrected chi connectivity index (χ0v) is 11.8. The van der Waals surface area contributed by atoms with Gasteiger partial charge in [0.05, 0.1) is 4.91 Å². The molecule has 0 N–H and O–H groups in total. The number of nitrogens with zero attached hydrogens (tertiary/aromatic N) is 2. The van der Waals surface area contributed by atoms with Crippen LogP contribution in [0.25, 0.3) is 6.08 Å². The number of aromatic nitrogens is 1. The van der Waals surface area contributed by atoms with E-state index >= 15 is 0 Å². The summed E-state index contributed by atoms with van der Waals surface area (Å²) >= 11 is 0.991. The van der Waals surface area contributed by atoms with E-state index in [4.69, 9.17) is 4.74 Å². The van der Waals surface area contributed by atoms with Crippen LogP contribution in [0, 0.1) is 0 Å². The Bertz CT molecular complexity index is 522. The zero-order valence-electron chi connectivity index (χ0n) is 11.0. The van der Waals surface area contributed by atoms with Gasteiger partial charge in [-0.3, -0.25) is 14.5 Å². The minimum Gasteiger partial charge on any atom is -0.385 e. The van der Waals surface area contributed by atoms with Crippen LogP contribution in [0.3, 0.4) is 0 Å². The molecule has 5 nitrogen and oxygen atoms in total. The number of thioether (sulfide) groups is 1. The number of imide groups is 1. The van der Waals surface area contributed by atoms with E-state index in [-0.39, 0.29) is 11.1 Å². The zero-order chi connectivity index (χ0) is 13.8. The van der Waals surface area contributed by atoms with Crippen molar-refractivity contribution >= 4 is 29.0 Å². The fourth-order valence-electron chi connectivity index (χ4n) is 1.82. The van der Waals surface area contributed by atoms with Gasteiger partial charge >= 0.3 is 0 Å². The Labute approximate surface area is 116 Å². The fourth-order valence-corrected chi connectivity index (χ4v) is 2.67. The van der Waals surface area contributed by atoms with E-state index in [1.54, 1.807) is 13.2 Å². The Morgan fingerprint density at radius 3 is 2.84 bits per heavy atom. The molecule has 0 unspecified atom stereocenters. The van der Waals surface area contributed by atoms with E-state index in [9.17, 15) is 9.59 Å². The highest BCUT2D eigenvalue weighted by Gasteiger charge is 2.34. The molecule has 0 atom stereocenters. The molecule has 0 aliphatic carbocycles. The first-order chi connectivity index (χ1) is 9.13. The first-order valence-electron chi connectivity index (χ1n) is 5.99. The van der Waals surface area contributed by atoms with Gasteiger partial charge in [0.2, 0.25) is 0 Å². The van der Waals surface area contributed by atoms with E-state index in [2.05, 4.69) is 0 Å². The lowest BCUT2D eigenvalue weighted by atomic mass is 10.3. The van der Waals surface area contributed by atoms with Crippen molar-refractivity contribution in [2.24, 2.45) is 7.05 Å². The molecular formula is C13H16N2O3S. The Kier molecular flexibility index (Phi) is 4.44. The minimum atomic E-state index is -0.215. The topological polar surface area (TPSA) is 51.5 Å². The summed E-state index contributed by atoms with van der Waals surface area (Å²) in [6, 6.07) is 3.80. The Hall–Kier alpha value is -1.53. The highest BCUT2D eigenvalue weighted by atomic mass is 32.2. The summed E-state index contributed by atoms with van der Waals surface area (Å²) in [4.78, 5) is 25.6. The van der Waals surface area contributed by atoms with Crippen molar-refractivity contribution in [3.63, 3.8) is 0 Å². The normalized spacial score (nSPS) is 17.8. The SMILES string of the molecule is COCCCN1C(=O)S/C(=C/c2cccn2C)C1=O. The number of amides is 2. The van der Waals surface area contributed by atoms with Crippen LogP contribution in [0.4, 0.5) is 4.79 Å². The van der Waals surface area contributed by atoms with Gasteiger partial charge in [-0.15, -0.1) is 0 Å². The number of hydrogen-bond acceptors (Lipinski definition) is 4. The summed E-state index contributed by atoms with van der Waals surface area (Å²) in [5.74, 6) is -0.215. The summed E-state index contributed by atoms with van der Waals surface area (Å²) in [6.45, 7) is 0.946. The summed E-state index contributed by atoms with van der Waals surface area (Å²) < 4.78 is 6.83. The van der Waals surface area contributed by atoms with Crippen molar-refractivity contribution in [1.29, 1.82) is 0 Å². The molecule has 1 aliphatic rings. The second-order valence-electron chi connectivity index (χ2n) is 4.22. The molecule has 102 valence electrons. The van der Waals surface area contributed by atoms with Crippen LogP contribution in [0.15, 0.2) is 23.2 Å². The van der Waals surface area contributed by atoms with Gasteiger partial charge in [-0.05, 0) is 36.4 Å². The highest BCUT2D eigenvalue weighted by Crippen LogP contribution is 2.32. The van der Waals surface area contributed by atoms with Crippen LogP contribution in [0.5, 0.6) is 0 Å². The maximum atomic E-state index is 12.1. The van der Waals surface area contributed by atoms with Crippen LogP contribution in [0.2, 0.25) is 0 Å². The van der Waals surface area contributed by atoms with E-state index in [1.165, 1.54) is 4.90 Å². The average molecular weight is 280 g/mol. The van der Waals surface area contributed by atoms with Gasteiger partial charge in [0.25, 0.3) is 11.1 Å². The van der Waals surface area contributed by atoms with Gasteiger partial charge in [0, 0.05) is 39.2 Å². The first kappa shape index (κ1) is 13.9. The van der Waals surface area contributed by atoms with Gasteiger partial charge in [-0.2, -0.15) is 0 Å². The number of methoxy groups -OCH3 is 1. The predicted molar refractivity (Wildman–Crippen MR) is 74.6 cm³/mol. The second-order valence-corrected chi connectivity index (χ2v) is 5.22. The largest absolute Gasteiger partial charge is 0.385 e. The highest BCUT2D eigenvalue weighted by molar-refractivity contribution is 8.18. The fraction of sp³-hybridized carbons (Fsp3) is 0.385. The van der Waals surface area contributed by atoms with E-state index in [0.29, 0.717) is 24.5 Å². The Balaban J connectivity index is 2.09. The number of ether oxygens (including phenoxy) is 1. The molecule has 0 aromatic carbocycles. The molecule has 0 saturated carbocycles. The molecule has 0 bridgehead atoms. The number of carbonyl (C=O) groups excluding carboxylic acids is 2. The number of rotatable bonds is 5. The molecule has 0 radical (unpaired) electrons. The van der Waals surface area contributed by atoms with Gasteiger partial charge in [-0.25, -0.2) is 0 Å². The summed E-state index contributed by atoms with van der Waals surface area (Å²) in [7, 11) is 3.50.